The molecular weight excluding hydrogens is 467 g/mol. The molecule has 2 aromatic carbocycles. The van der Waals surface area contributed by atoms with Crippen molar-refractivity contribution in [2.24, 2.45) is 0 Å². The van der Waals surface area contributed by atoms with Crippen LogP contribution in [0.1, 0.15) is 48.9 Å². The highest BCUT2D eigenvalue weighted by Gasteiger charge is 2.18. The quantitative estimate of drug-likeness (QED) is 0.460. The first-order valence-corrected chi connectivity index (χ1v) is 11.8. The Hall–Kier alpha value is -0.610. The molecule has 0 saturated heterocycles. The van der Waals surface area contributed by atoms with Crippen molar-refractivity contribution < 1.29 is 14.6 Å². The summed E-state index contributed by atoms with van der Waals surface area (Å²) in [6.45, 7) is 5.84. The van der Waals surface area contributed by atoms with Gasteiger partial charge in [0.1, 0.15) is 5.75 Å². The summed E-state index contributed by atoms with van der Waals surface area (Å²) in [6, 6.07) is 9.54. The fourth-order valence-electron chi connectivity index (χ4n) is 2.69. The Morgan fingerprint density at radius 2 is 1.68 bits per heavy atom. The van der Waals surface area contributed by atoms with E-state index in [1.165, 1.54) is 0 Å². The van der Waals surface area contributed by atoms with E-state index in [1.807, 2.05) is 24.3 Å². The standard InChI is InChI=1S/C19H23Br2O3P/c1-4-25(23,24)11-14-9-17(20)16(18(21)10-14)8-13-5-6-19(22)15(7-13)12(2)3/h5-7,9-10,12,22H,4,8,11H2,1-3H3,(H,23,24). The Bertz CT molecular complexity index is 795. The Labute approximate surface area is 166 Å². The fourth-order valence-corrected chi connectivity index (χ4v) is 5.23. The van der Waals surface area contributed by atoms with Crippen LogP contribution in [0.4, 0.5) is 0 Å². The van der Waals surface area contributed by atoms with Crippen LogP contribution >= 0.6 is 39.2 Å². The van der Waals surface area contributed by atoms with Gasteiger partial charge < -0.3 is 10.00 Å². The fraction of sp³-hybridized carbons (Fsp3) is 0.368. The van der Waals surface area contributed by atoms with Gasteiger partial charge in [-0.15, -0.1) is 0 Å². The molecule has 2 aromatic rings. The van der Waals surface area contributed by atoms with Crippen LogP contribution < -0.4 is 0 Å². The highest BCUT2D eigenvalue weighted by molar-refractivity contribution is 9.11. The van der Waals surface area contributed by atoms with Crippen LogP contribution in [0.15, 0.2) is 39.3 Å². The highest BCUT2D eigenvalue weighted by Crippen LogP contribution is 2.45. The van der Waals surface area contributed by atoms with Gasteiger partial charge in [-0.3, -0.25) is 4.57 Å². The predicted octanol–water partition coefficient (Wildman–Crippen LogP) is 6.42. The van der Waals surface area contributed by atoms with Gasteiger partial charge in [-0.1, -0.05) is 64.8 Å². The molecule has 0 amide bonds. The maximum Gasteiger partial charge on any atom is 0.204 e. The first-order chi connectivity index (χ1) is 11.6. The number of halogens is 2. The van der Waals surface area contributed by atoms with Gasteiger partial charge in [-0.2, -0.15) is 0 Å². The predicted molar refractivity (Wildman–Crippen MR) is 111 cm³/mol. The maximum atomic E-state index is 12.0. The SMILES string of the molecule is CCP(=O)(O)Cc1cc(Br)c(Cc2ccc(O)c(C(C)C)c2)c(Br)c1. The van der Waals surface area contributed by atoms with E-state index in [9.17, 15) is 14.6 Å². The van der Waals surface area contributed by atoms with Crippen molar-refractivity contribution in [1.29, 1.82) is 0 Å². The van der Waals surface area contributed by atoms with E-state index in [1.54, 1.807) is 13.0 Å². The molecule has 2 rings (SSSR count). The normalized spacial score (nSPS) is 13.9. The first-order valence-electron chi connectivity index (χ1n) is 8.22. The zero-order valence-corrected chi connectivity index (χ0v) is 18.7. The molecule has 0 fully saturated rings. The molecule has 136 valence electrons. The van der Waals surface area contributed by atoms with Crippen molar-refractivity contribution in [2.45, 2.75) is 39.3 Å². The van der Waals surface area contributed by atoms with Crippen LogP contribution in [-0.4, -0.2) is 16.2 Å². The molecule has 6 heteroatoms. The third-order valence-electron chi connectivity index (χ3n) is 4.22. The van der Waals surface area contributed by atoms with Crippen molar-refractivity contribution >= 4 is 39.2 Å². The van der Waals surface area contributed by atoms with Crippen LogP contribution in [-0.2, 0) is 17.1 Å². The van der Waals surface area contributed by atoms with E-state index in [2.05, 4.69) is 45.7 Å². The summed E-state index contributed by atoms with van der Waals surface area (Å²) < 4.78 is 13.8. The number of rotatable bonds is 6. The molecular formula is C19H23Br2O3P. The molecule has 0 spiro atoms. The summed E-state index contributed by atoms with van der Waals surface area (Å²) in [4.78, 5) is 9.87. The van der Waals surface area contributed by atoms with E-state index in [0.717, 1.165) is 31.2 Å². The summed E-state index contributed by atoms with van der Waals surface area (Å²) in [5, 5.41) is 9.98. The molecule has 1 unspecified atom stereocenters. The van der Waals surface area contributed by atoms with E-state index >= 15 is 0 Å². The lowest BCUT2D eigenvalue weighted by Crippen LogP contribution is -1.97. The summed E-state index contributed by atoms with van der Waals surface area (Å²) >= 11 is 7.19. The van der Waals surface area contributed by atoms with Crippen molar-refractivity contribution in [3.63, 3.8) is 0 Å². The molecule has 25 heavy (non-hydrogen) atoms. The minimum absolute atomic E-state index is 0.178. The van der Waals surface area contributed by atoms with E-state index in [-0.39, 0.29) is 18.2 Å². The molecule has 0 saturated carbocycles. The molecule has 3 nitrogen and oxygen atoms in total. The Morgan fingerprint density at radius 1 is 1.08 bits per heavy atom. The summed E-state index contributed by atoms with van der Waals surface area (Å²) in [7, 11) is -3.11. The highest BCUT2D eigenvalue weighted by atomic mass is 79.9. The van der Waals surface area contributed by atoms with Crippen LogP contribution in [0, 0.1) is 0 Å². The number of aromatic hydroxyl groups is 1. The van der Waals surface area contributed by atoms with Gasteiger partial charge in [0.05, 0.1) is 0 Å². The second kappa shape index (κ2) is 8.39. The molecule has 0 bridgehead atoms. The molecule has 2 N–H and O–H groups in total. The first kappa shape index (κ1) is 20.7. The average Bonchev–Trinajstić information content (AvgIpc) is 2.51. The smallest absolute Gasteiger partial charge is 0.204 e. The molecule has 0 aliphatic carbocycles. The second-order valence-electron chi connectivity index (χ2n) is 6.58. The van der Waals surface area contributed by atoms with Gasteiger partial charge >= 0.3 is 0 Å². The summed E-state index contributed by atoms with van der Waals surface area (Å²) in [5.41, 5.74) is 3.96. The third kappa shape index (κ3) is 5.43. The molecule has 0 aliphatic rings. The largest absolute Gasteiger partial charge is 0.508 e. The van der Waals surface area contributed by atoms with Crippen molar-refractivity contribution in [1.82, 2.24) is 0 Å². The Balaban J connectivity index is 2.32. The van der Waals surface area contributed by atoms with Gasteiger partial charge in [0.15, 0.2) is 0 Å². The lowest BCUT2D eigenvalue weighted by atomic mass is 9.96. The van der Waals surface area contributed by atoms with Crippen molar-refractivity contribution in [2.75, 3.05) is 6.16 Å². The molecule has 0 aromatic heterocycles. The van der Waals surface area contributed by atoms with Gasteiger partial charge in [0, 0.05) is 21.3 Å². The lowest BCUT2D eigenvalue weighted by molar-refractivity contribution is 0.464. The van der Waals surface area contributed by atoms with E-state index in [4.69, 9.17) is 0 Å². The topological polar surface area (TPSA) is 57.5 Å². The third-order valence-corrected chi connectivity index (χ3v) is 7.48. The minimum Gasteiger partial charge on any atom is -0.508 e. The Kier molecular flexibility index (Phi) is 6.94. The number of benzene rings is 2. The zero-order valence-electron chi connectivity index (χ0n) is 14.6. The molecule has 0 aliphatic heterocycles. The van der Waals surface area contributed by atoms with E-state index in [0.29, 0.717) is 12.2 Å². The van der Waals surface area contributed by atoms with Crippen LogP contribution in [0.3, 0.4) is 0 Å². The number of phenols is 1. The Morgan fingerprint density at radius 3 is 2.20 bits per heavy atom. The van der Waals surface area contributed by atoms with Gasteiger partial charge in [0.2, 0.25) is 7.37 Å². The summed E-state index contributed by atoms with van der Waals surface area (Å²) in [6.07, 6.45) is 1.15. The average molecular weight is 490 g/mol. The number of phenolic OH excluding ortho intramolecular Hbond substituents is 1. The van der Waals surface area contributed by atoms with E-state index < -0.39 is 7.37 Å². The van der Waals surface area contributed by atoms with Crippen LogP contribution in [0.5, 0.6) is 5.75 Å². The van der Waals surface area contributed by atoms with Crippen LogP contribution in [0.25, 0.3) is 0 Å². The summed E-state index contributed by atoms with van der Waals surface area (Å²) in [5.74, 6) is 0.576. The molecule has 1 atom stereocenters. The second-order valence-corrected chi connectivity index (χ2v) is 10.9. The van der Waals surface area contributed by atoms with Crippen LogP contribution in [0.2, 0.25) is 0 Å². The van der Waals surface area contributed by atoms with Gasteiger partial charge in [-0.25, -0.2) is 0 Å². The zero-order chi connectivity index (χ0) is 18.8. The minimum atomic E-state index is -3.11. The molecule has 0 heterocycles. The van der Waals surface area contributed by atoms with Crippen molar-refractivity contribution in [3.05, 3.63) is 61.5 Å². The maximum absolute atomic E-state index is 12.0. The van der Waals surface area contributed by atoms with Gasteiger partial charge in [0.25, 0.3) is 0 Å². The monoisotopic (exact) mass is 488 g/mol. The van der Waals surface area contributed by atoms with Crippen molar-refractivity contribution in [3.8, 4) is 5.75 Å². The van der Waals surface area contributed by atoms with Gasteiger partial charge in [-0.05, 0) is 52.8 Å². The lowest BCUT2D eigenvalue weighted by Gasteiger charge is -2.15. The number of hydrogen-bond donors (Lipinski definition) is 2. The number of hydrogen-bond acceptors (Lipinski definition) is 2. The molecule has 0 radical (unpaired) electrons.